The second-order valence-corrected chi connectivity index (χ2v) is 6.76. The Balaban J connectivity index is 1.53. The zero-order chi connectivity index (χ0) is 17.8. The predicted molar refractivity (Wildman–Crippen MR) is 95.2 cm³/mol. The van der Waals surface area contributed by atoms with Gasteiger partial charge >= 0.3 is 6.03 Å². The molecule has 2 fully saturated rings. The summed E-state index contributed by atoms with van der Waals surface area (Å²) in [6.45, 7) is 2.60. The molecule has 7 nitrogen and oxygen atoms in total. The normalized spacial score (nSPS) is 19.9. The Morgan fingerprint density at radius 1 is 1.00 bits per heavy atom. The second kappa shape index (κ2) is 7.55. The van der Waals surface area contributed by atoms with E-state index in [2.05, 4.69) is 16.0 Å². The van der Waals surface area contributed by atoms with Gasteiger partial charge in [0.2, 0.25) is 11.8 Å². The number of anilines is 2. The number of carbonyl (C=O) groups excluding carboxylic acids is 3. The van der Waals surface area contributed by atoms with E-state index in [-0.39, 0.29) is 23.8 Å². The van der Waals surface area contributed by atoms with Crippen molar-refractivity contribution in [2.24, 2.45) is 5.92 Å². The molecule has 1 heterocycles. The molecule has 1 atom stereocenters. The van der Waals surface area contributed by atoms with Gasteiger partial charge in [-0.3, -0.25) is 9.59 Å². The van der Waals surface area contributed by atoms with Crippen LogP contribution in [0.2, 0.25) is 0 Å². The molecule has 0 aromatic heterocycles. The quantitative estimate of drug-likeness (QED) is 0.782. The maximum Gasteiger partial charge on any atom is 0.317 e. The van der Waals surface area contributed by atoms with Crippen molar-refractivity contribution in [1.82, 2.24) is 10.2 Å². The van der Waals surface area contributed by atoms with Crippen molar-refractivity contribution in [2.75, 3.05) is 23.7 Å². The number of urea groups is 1. The highest BCUT2D eigenvalue weighted by Crippen LogP contribution is 2.22. The monoisotopic (exact) mass is 344 g/mol. The van der Waals surface area contributed by atoms with Gasteiger partial charge < -0.3 is 20.9 Å². The Labute approximate surface area is 147 Å². The van der Waals surface area contributed by atoms with Crippen molar-refractivity contribution in [3.8, 4) is 0 Å². The van der Waals surface area contributed by atoms with Gasteiger partial charge in [-0.2, -0.15) is 0 Å². The molecule has 1 saturated heterocycles. The minimum atomic E-state index is -0.200. The highest BCUT2D eigenvalue weighted by molar-refractivity contribution is 5.94. The van der Waals surface area contributed by atoms with E-state index in [1.807, 2.05) is 0 Å². The number of nitrogens with one attached hydrogen (secondary N) is 3. The first-order chi connectivity index (χ1) is 12.0. The van der Waals surface area contributed by atoms with Crippen LogP contribution in [0.5, 0.6) is 0 Å². The highest BCUT2D eigenvalue weighted by Gasteiger charge is 2.31. The Hall–Kier alpha value is -2.57. The van der Waals surface area contributed by atoms with Crippen LogP contribution in [0.25, 0.3) is 0 Å². The summed E-state index contributed by atoms with van der Waals surface area (Å²) in [6, 6.07) is 7.26. The lowest BCUT2D eigenvalue weighted by atomic mass is 9.97. The highest BCUT2D eigenvalue weighted by atomic mass is 16.2. The van der Waals surface area contributed by atoms with Gasteiger partial charge in [0.1, 0.15) is 0 Å². The topological polar surface area (TPSA) is 90.5 Å². The molecule has 2 aliphatic rings. The fraction of sp³-hybridized carbons (Fsp3) is 0.500. The van der Waals surface area contributed by atoms with Crippen molar-refractivity contribution >= 4 is 29.2 Å². The lowest BCUT2D eigenvalue weighted by Crippen LogP contribution is -2.48. The number of benzene rings is 1. The van der Waals surface area contributed by atoms with Crippen molar-refractivity contribution < 1.29 is 14.4 Å². The molecule has 1 aliphatic heterocycles. The van der Waals surface area contributed by atoms with Crippen LogP contribution in [0.15, 0.2) is 24.3 Å². The summed E-state index contributed by atoms with van der Waals surface area (Å²) in [5, 5.41) is 8.55. The zero-order valence-corrected chi connectivity index (χ0v) is 14.4. The van der Waals surface area contributed by atoms with Gasteiger partial charge in [0.15, 0.2) is 0 Å². The van der Waals surface area contributed by atoms with Crippen molar-refractivity contribution in [2.45, 2.75) is 38.6 Å². The van der Waals surface area contributed by atoms with E-state index in [1.165, 1.54) is 6.92 Å². The first-order valence-electron chi connectivity index (χ1n) is 8.75. The number of carbonyl (C=O) groups is 3. The van der Waals surface area contributed by atoms with Gasteiger partial charge in [-0.25, -0.2) is 4.79 Å². The van der Waals surface area contributed by atoms with Crippen molar-refractivity contribution in [3.05, 3.63) is 24.3 Å². The molecule has 7 heteroatoms. The predicted octanol–water partition coefficient (Wildman–Crippen LogP) is 2.17. The molecule has 4 amide bonds. The number of amides is 4. The fourth-order valence-corrected chi connectivity index (χ4v) is 2.95. The standard InChI is InChI=1S/C18H24N4O3/c1-12(23)19-14-4-6-15(7-5-14)20-17(24)13-3-2-10-22(11-13)18(25)21-16-8-9-16/h4-7,13,16H,2-3,8-11H2,1H3,(H,19,23)(H,20,24)(H,21,25). The molecular formula is C18H24N4O3. The van der Waals surface area contributed by atoms with Crippen LogP contribution in [0.1, 0.15) is 32.6 Å². The van der Waals surface area contributed by atoms with Crippen LogP contribution in [-0.2, 0) is 9.59 Å². The third-order valence-corrected chi connectivity index (χ3v) is 4.46. The van der Waals surface area contributed by atoms with Gasteiger partial charge in [0.25, 0.3) is 0 Å². The van der Waals surface area contributed by atoms with E-state index in [0.717, 1.165) is 25.7 Å². The summed E-state index contributed by atoms with van der Waals surface area (Å²) in [5.74, 6) is -0.409. The summed E-state index contributed by atoms with van der Waals surface area (Å²) in [5.41, 5.74) is 1.37. The largest absolute Gasteiger partial charge is 0.335 e. The van der Waals surface area contributed by atoms with E-state index in [9.17, 15) is 14.4 Å². The van der Waals surface area contributed by atoms with Gasteiger partial charge in [0.05, 0.1) is 5.92 Å². The molecule has 1 aromatic carbocycles. The number of hydrogen-bond acceptors (Lipinski definition) is 3. The maximum absolute atomic E-state index is 12.5. The van der Waals surface area contributed by atoms with Crippen molar-refractivity contribution in [3.63, 3.8) is 0 Å². The van der Waals surface area contributed by atoms with Crippen LogP contribution in [0.3, 0.4) is 0 Å². The van der Waals surface area contributed by atoms with Crippen LogP contribution >= 0.6 is 0 Å². The van der Waals surface area contributed by atoms with Gasteiger partial charge in [-0.15, -0.1) is 0 Å². The number of likely N-dealkylation sites (tertiary alicyclic amines) is 1. The first kappa shape index (κ1) is 17.3. The number of piperidine rings is 1. The van der Waals surface area contributed by atoms with Gasteiger partial charge in [-0.05, 0) is 49.9 Å². The van der Waals surface area contributed by atoms with Gasteiger partial charge in [0, 0.05) is 37.4 Å². The van der Waals surface area contributed by atoms with E-state index in [4.69, 9.17) is 0 Å². The average Bonchev–Trinajstić information content (AvgIpc) is 3.40. The van der Waals surface area contributed by atoms with E-state index < -0.39 is 0 Å². The smallest absolute Gasteiger partial charge is 0.317 e. The minimum Gasteiger partial charge on any atom is -0.335 e. The van der Waals surface area contributed by atoms with E-state index in [0.29, 0.717) is 30.5 Å². The number of rotatable bonds is 4. The van der Waals surface area contributed by atoms with E-state index in [1.54, 1.807) is 29.2 Å². The third kappa shape index (κ3) is 4.95. The Morgan fingerprint density at radius 3 is 2.24 bits per heavy atom. The summed E-state index contributed by atoms with van der Waals surface area (Å²) in [7, 11) is 0. The molecule has 134 valence electrons. The molecule has 0 spiro atoms. The lowest BCUT2D eigenvalue weighted by Gasteiger charge is -2.32. The first-order valence-corrected chi connectivity index (χ1v) is 8.75. The van der Waals surface area contributed by atoms with Gasteiger partial charge in [-0.1, -0.05) is 0 Å². The average molecular weight is 344 g/mol. The summed E-state index contributed by atoms with van der Waals surface area (Å²) < 4.78 is 0. The molecule has 1 aliphatic carbocycles. The molecule has 25 heavy (non-hydrogen) atoms. The third-order valence-electron chi connectivity index (χ3n) is 4.46. The van der Waals surface area contributed by atoms with Crippen LogP contribution in [-0.4, -0.2) is 41.9 Å². The zero-order valence-electron chi connectivity index (χ0n) is 14.4. The number of nitrogens with zero attached hydrogens (tertiary/aromatic N) is 1. The number of hydrogen-bond donors (Lipinski definition) is 3. The second-order valence-electron chi connectivity index (χ2n) is 6.76. The lowest BCUT2D eigenvalue weighted by molar-refractivity contribution is -0.121. The van der Waals surface area contributed by atoms with Crippen LogP contribution in [0.4, 0.5) is 16.2 Å². The summed E-state index contributed by atoms with van der Waals surface area (Å²) in [6.07, 6.45) is 3.72. The maximum atomic E-state index is 12.5. The molecular weight excluding hydrogens is 320 g/mol. The Bertz CT molecular complexity index is 655. The molecule has 1 unspecified atom stereocenters. The SMILES string of the molecule is CC(=O)Nc1ccc(NC(=O)C2CCCN(C(=O)NC3CC3)C2)cc1. The summed E-state index contributed by atoms with van der Waals surface area (Å²) >= 11 is 0. The van der Waals surface area contributed by atoms with Crippen molar-refractivity contribution in [1.29, 1.82) is 0 Å². The molecule has 3 rings (SSSR count). The van der Waals surface area contributed by atoms with Crippen LogP contribution in [0, 0.1) is 5.92 Å². The minimum absolute atomic E-state index is 0.0559. The van der Waals surface area contributed by atoms with E-state index >= 15 is 0 Å². The van der Waals surface area contributed by atoms with Crippen LogP contribution < -0.4 is 16.0 Å². The Morgan fingerprint density at radius 2 is 1.64 bits per heavy atom. The summed E-state index contributed by atoms with van der Waals surface area (Å²) in [4.78, 5) is 37.4. The Kier molecular flexibility index (Phi) is 5.21. The molecule has 0 radical (unpaired) electrons. The molecule has 1 saturated carbocycles. The fourth-order valence-electron chi connectivity index (χ4n) is 2.95. The molecule has 1 aromatic rings. The molecule has 3 N–H and O–H groups in total. The molecule has 0 bridgehead atoms.